The van der Waals surface area contributed by atoms with E-state index < -0.39 is 0 Å². The van der Waals surface area contributed by atoms with Gasteiger partial charge in [0.25, 0.3) is 0 Å². The summed E-state index contributed by atoms with van der Waals surface area (Å²) in [5.74, 6) is 2.84. The molecule has 3 N–H and O–H groups in total. The van der Waals surface area contributed by atoms with Gasteiger partial charge in [-0.25, -0.2) is 15.0 Å². The van der Waals surface area contributed by atoms with E-state index in [1.807, 2.05) is 36.7 Å². The first-order valence-corrected chi connectivity index (χ1v) is 12.8. The molecular weight excluding hydrogens is 448 g/mol. The average Bonchev–Trinajstić information content (AvgIpc) is 2.85. The molecule has 5 heterocycles. The molecule has 2 fully saturated rings. The van der Waals surface area contributed by atoms with E-state index in [2.05, 4.69) is 44.7 Å². The Morgan fingerprint density at radius 1 is 1.00 bits per heavy atom. The van der Waals surface area contributed by atoms with Crippen molar-refractivity contribution >= 4 is 28.2 Å². The Bertz CT molecular complexity index is 1370. The lowest BCUT2D eigenvalue weighted by Gasteiger charge is -2.40. The van der Waals surface area contributed by atoms with Gasteiger partial charge in [-0.2, -0.15) is 0 Å². The Hall–Kier alpha value is -3.65. The monoisotopic (exact) mass is 480 g/mol. The number of nitrogens with zero attached hydrogens (tertiary/aromatic N) is 5. The smallest absolute Gasteiger partial charge is 0.162 e. The molecule has 1 unspecified atom stereocenters. The Morgan fingerprint density at radius 3 is 2.69 bits per heavy atom. The van der Waals surface area contributed by atoms with Crippen molar-refractivity contribution in [1.29, 1.82) is 0 Å². The average molecular weight is 481 g/mol. The summed E-state index contributed by atoms with van der Waals surface area (Å²) in [7, 11) is 0. The number of nitrogens with one attached hydrogen (secondary N) is 3. The Kier molecular flexibility index (Phi) is 5.97. The summed E-state index contributed by atoms with van der Waals surface area (Å²) >= 11 is 0. The Labute approximate surface area is 211 Å². The first-order valence-electron chi connectivity index (χ1n) is 12.8. The third-order valence-corrected chi connectivity index (χ3v) is 7.58. The summed E-state index contributed by atoms with van der Waals surface area (Å²) in [6, 6.07) is 8.11. The zero-order valence-corrected chi connectivity index (χ0v) is 20.8. The lowest BCUT2D eigenvalue weighted by atomic mass is 9.78. The van der Waals surface area contributed by atoms with Gasteiger partial charge in [0.15, 0.2) is 5.82 Å². The lowest BCUT2D eigenvalue weighted by molar-refractivity contribution is 0.236. The molecular formula is C28H32N8. The maximum atomic E-state index is 5.14. The number of anilines is 3. The third kappa shape index (κ3) is 4.48. The van der Waals surface area contributed by atoms with Crippen molar-refractivity contribution in [2.24, 2.45) is 5.41 Å². The van der Waals surface area contributed by atoms with Gasteiger partial charge in [0, 0.05) is 42.1 Å². The summed E-state index contributed by atoms with van der Waals surface area (Å²) in [5.41, 5.74) is 4.05. The molecule has 0 amide bonds. The van der Waals surface area contributed by atoms with E-state index in [1.165, 1.54) is 24.8 Å². The number of piperidine rings is 1. The van der Waals surface area contributed by atoms with Gasteiger partial charge in [-0.05, 0) is 67.0 Å². The predicted octanol–water partition coefficient (Wildman–Crippen LogP) is 5.29. The summed E-state index contributed by atoms with van der Waals surface area (Å²) in [6.07, 6.45) is 13.9. The molecule has 6 rings (SSSR count). The number of rotatable bonds is 6. The largest absolute Gasteiger partial charge is 0.366 e. The second kappa shape index (κ2) is 9.43. The van der Waals surface area contributed by atoms with Crippen LogP contribution in [-0.2, 0) is 0 Å². The highest BCUT2D eigenvalue weighted by Gasteiger charge is 2.33. The summed E-state index contributed by atoms with van der Waals surface area (Å²) in [6.45, 7) is 6.61. The zero-order valence-electron chi connectivity index (χ0n) is 20.8. The highest BCUT2D eigenvalue weighted by molar-refractivity contribution is 5.93. The second-order valence-corrected chi connectivity index (χ2v) is 10.6. The van der Waals surface area contributed by atoms with Crippen LogP contribution in [0.25, 0.3) is 22.3 Å². The molecule has 4 aromatic rings. The SMILES string of the molecule is CC1(C)CNCCC1Nc1nc(-c2ccnc(Nc3cccnc3)c2)nc2cncc(C3CCC3)c12. The molecule has 8 nitrogen and oxygen atoms in total. The van der Waals surface area contributed by atoms with Crippen LogP contribution in [0, 0.1) is 5.41 Å². The van der Waals surface area contributed by atoms with Gasteiger partial charge in [0.2, 0.25) is 0 Å². The third-order valence-electron chi connectivity index (χ3n) is 7.58. The molecule has 0 bridgehead atoms. The molecule has 0 spiro atoms. The molecule has 0 radical (unpaired) electrons. The van der Waals surface area contributed by atoms with Crippen LogP contribution in [0.4, 0.5) is 17.3 Å². The predicted molar refractivity (Wildman–Crippen MR) is 143 cm³/mol. The van der Waals surface area contributed by atoms with Crippen LogP contribution in [0.5, 0.6) is 0 Å². The van der Waals surface area contributed by atoms with Crippen molar-refractivity contribution in [1.82, 2.24) is 30.2 Å². The molecule has 1 aliphatic heterocycles. The molecule has 0 aromatic carbocycles. The number of pyridine rings is 3. The van der Waals surface area contributed by atoms with Gasteiger partial charge < -0.3 is 16.0 Å². The van der Waals surface area contributed by atoms with Crippen molar-refractivity contribution in [3.8, 4) is 11.4 Å². The fourth-order valence-electron chi connectivity index (χ4n) is 5.20. The maximum Gasteiger partial charge on any atom is 0.162 e. The fraction of sp³-hybridized carbons (Fsp3) is 0.393. The highest BCUT2D eigenvalue weighted by atomic mass is 15.1. The van der Waals surface area contributed by atoms with Gasteiger partial charge >= 0.3 is 0 Å². The molecule has 1 aliphatic carbocycles. The van der Waals surface area contributed by atoms with Crippen molar-refractivity contribution in [2.45, 2.75) is 51.5 Å². The molecule has 8 heteroatoms. The Balaban J connectivity index is 1.43. The van der Waals surface area contributed by atoms with Crippen molar-refractivity contribution in [2.75, 3.05) is 23.7 Å². The molecule has 36 heavy (non-hydrogen) atoms. The van der Waals surface area contributed by atoms with Gasteiger partial charge in [-0.3, -0.25) is 9.97 Å². The summed E-state index contributed by atoms with van der Waals surface area (Å²) in [4.78, 5) is 23.4. The van der Waals surface area contributed by atoms with E-state index in [-0.39, 0.29) is 5.41 Å². The van der Waals surface area contributed by atoms with Crippen molar-refractivity contribution < 1.29 is 0 Å². The van der Waals surface area contributed by atoms with E-state index in [1.54, 1.807) is 18.6 Å². The van der Waals surface area contributed by atoms with Gasteiger partial charge in [-0.15, -0.1) is 0 Å². The van der Waals surface area contributed by atoms with Crippen LogP contribution in [0.15, 0.2) is 55.2 Å². The normalized spacial score (nSPS) is 19.6. The number of hydrogen-bond donors (Lipinski definition) is 3. The van der Waals surface area contributed by atoms with Crippen LogP contribution in [0.1, 0.15) is 51.0 Å². The Morgan fingerprint density at radius 2 is 1.92 bits per heavy atom. The standard InChI is InChI=1S/C28H32N8/c1-28(2)17-30-11-9-23(28)35-27-25-21(18-5-3-6-18)15-31-16-22(25)34-26(36-27)19-8-12-32-24(13-19)33-20-7-4-10-29-14-20/h4,7-8,10,12-16,18,23,30H,3,5-6,9,11,17H2,1-2H3,(H,32,33)(H,34,35,36). The van der Waals surface area contributed by atoms with Crippen molar-refractivity contribution in [3.05, 3.63) is 60.8 Å². The summed E-state index contributed by atoms with van der Waals surface area (Å²) < 4.78 is 0. The lowest BCUT2D eigenvalue weighted by Crippen LogP contribution is -2.49. The summed E-state index contributed by atoms with van der Waals surface area (Å²) in [5, 5.41) is 11.8. The van der Waals surface area contributed by atoms with Gasteiger partial charge in [0.05, 0.1) is 23.6 Å². The van der Waals surface area contributed by atoms with Crippen LogP contribution >= 0.6 is 0 Å². The van der Waals surface area contributed by atoms with Gasteiger partial charge in [-0.1, -0.05) is 20.3 Å². The van der Waals surface area contributed by atoms with E-state index in [0.717, 1.165) is 53.3 Å². The maximum absolute atomic E-state index is 5.14. The van der Waals surface area contributed by atoms with Crippen LogP contribution in [0.2, 0.25) is 0 Å². The van der Waals surface area contributed by atoms with Crippen LogP contribution in [-0.4, -0.2) is 44.1 Å². The molecule has 184 valence electrons. The second-order valence-electron chi connectivity index (χ2n) is 10.6. The van der Waals surface area contributed by atoms with E-state index in [9.17, 15) is 0 Å². The van der Waals surface area contributed by atoms with Crippen LogP contribution < -0.4 is 16.0 Å². The number of hydrogen-bond acceptors (Lipinski definition) is 8. The first-order chi connectivity index (χ1) is 17.6. The fourth-order valence-corrected chi connectivity index (χ4v) is 5.20. The minimum Gasteiger partial charge on any atom is -0.366 e. The first kappa shape index (κ1) is 22.8. The topological polar surface area (TPSA) is 101 Å². The number of fused-ring (bicyclic) bond motifs is 1. The molecule has 4 aromatic heterocycles. The van der Waals surface area contributed by atoms with Crippen LogP contribution in [0.3, 0.4) is 0 Å². The van der Waals surface area contributed by atoms with Gasteiger partial charge in [0.1, 0.15) is 11.6 Å². The molecule has 2 aliphatic rings. The van der Waals surface area contributed by atoms with E-state index in [4.69, 9.17) is 9.97 Å². The van der Waals surface area contributed by atoms with E-state index in [0.29, 0.717) is 17.8 Å². The van der Waals surface area contributed by atoms with E-state index >= 15 is 0 Å². The van der Waals surface area contributed by atoms with Crippen molar-refractivity contribution in [3.63, 3.8) is 0 Å². The number of aromatic nitrogens is 5. The highest BCUT2D eigenvalue weighted by Crippen LogP contribution is 2.42. The minimum absolute atomic E-state index is 0.108. The minimum atomic E-state index is 0.108. The zero-order chi connectivity index (χ0) is 24.5. The molecule has 1 saturated carbocycles. The quantitative estimate of drug-likeness (QED) is 0.342. The molecule has 1 saturated heterocycles. The molecule has 1 atom stereocenters.